The molecule has 1 aliphatic heterocycles. The minimum absolute atomic E-state index is 0.0472. The molecule has 1 aliphatic rings. The molecule has 2 heterocycles. The van der Waals surface area contributed by atoms with Crippen LogP contribution in [0.4, 0.5) is 10.5 Å². The van der Waals surface area contributed by atoms with Crippen molar-refractivity contribution in [1.82, 2.24) is 19.7 Å². The first-order valence-electron chi connectivity index (χ1n) is 9.41. The molecule has 0 saturated carbocycles. The predicted molar refractivity (Wildman–Crippen MR) is 114 cm³/mol. The molecule has 2 aromatic rings. The molecule has 0 atom stereocenters. The molecule has 3 amide bonds. The molecule has 1 aromatic carbocycles. The van der Waals surface area contributed by atoms with Crippen molar-refractivity contribution in [3.05, 3.63) is 45.2 Å². The Labute approximate surface area is 178 Å². The fraction of sp³-hybridized carbons (Fsp3) is 0.421. The lowest BCUT2D eigenvalue weighted by molar-refractivity contribution is -0.132. The Morgan fingerprint density at radius 3 is 2.48 bits per heavy atom. The maximum atomic E-state index is 12.4. The van der Waals surface area contributed by atoms with Gasteiger partial charge in [0.1, 0.15) is 0 Å². The van der Waals surface area contributed by atoms with Gasteiger partial charge < -0.3 is 20.1 Å². The molecule has 0 bridgehead atoms. The Hall–Kier alpha value is -2.36. The standard InChI is InChI=1S/C19H25ClN6O2S/c1-24-16(13-29-18(24)21)12-25-8-10-26(11-9-25)17(27)6-7-22-19(28)23-15-4-2-14(20)3-5-15/h2-5,13,21H,6-12H2,1H3,(H2,22,23,28). The van der Waals surface area contributed by atoms with Gasteiger partial charge in [0.15, 0.2) is 4.80 Å². The second-order valence-electron chi connectivity index (χ2n) is 6.89. The summed E-state index contributed by atoms with van der Waals surface area (Å²) in [5.74, 6) is 0.0472. The number of hydrogen-bond acceptors (Lipinski definition) is 5. The summed E-state index contributed by atoms with van der Waals surface area (Å²) in [4.78, 5) is 29.0. The molecule has 156 valence electrons. The molecule has 1 aromatic heterocycles. The van der Waals surface area contributed by atoms with Crippen LogP contribution in [0.5, 0.6) is 0 Å². The van der Waals surface area contributed by atoms with E-state index in [-0.39, 0.29) is 24.9 Å². The van der Waals surface area contributed by atoms with E-state index in [1.54, 1.807) is 24.3 Å². The van der Waals surface area contributed by atoms with Crippen molar-refractivity contribution in [2.45, 2.75) is 13.0 Å². The Kier molecular flexibility index (Phi) is 7.29. The maximum absolute atomic E-state index is 12.4. The van der Waals surface area contributed by atoms with Crippen molar-refractivity contribution >= 4 is 40.6 Å². The topological polar surface area (TPSA) is 93.5 Å². The van der Waals surface area contributed by atoms with Crippen LogP contribution in [-0.4, -0.2) is 59.0 Å². The average Bonchev–Trinajstić information content (AvgIpc) is 3.02. The van der Waals surface area contributed by atoms with Crippen LogP contribution in [0.25, 0.3) is 0 Å². The number of anilines is 1. The third kappa shape index (κ3) is 6.06. The summed E-state index contributed by atoms with van der Waals surface area (Å²) in [5.41, 5.74) is 1.77. The van der Waals surface area contributed by atoms with Crippen LogP contribution in [0.2, 0.25) is 5.02 Å². The lowest BCUT2D eigenvalue weighted by Crippen LogP contribution is -2.49. The SMILES string of the molecule is Cn1c(CN2CCN(C(=O)CCNC(=O)Nc3ccc(Cl)cc3)CC2)csc1=N. The van der Waals surface area contributed by atoms with Crippen molar-refractivity contribution in [3.63, 3.8) is 0 Å². The van der Waals surface area contributed by atoms with Crippen LogP contribution < -0.4 is 15.4 Å². The molecule has 1 fully saturated rings. The largest absolute Gasteiger partial charge is 0.340 e. The molecular formula is C19H25ClN6O2S. The maximum Gasteiger partial charge on any atom is 0.319 e. The van der Waals surface area contributed by atoms with E-state index in [9.17, 15) is 9.59 Å². The quantitative estimate of drug-likeness (QED) is 0.647. The lowest BCUT2D eigenvalue weighted by atomic mass is 10.2. The predicted octanol–water partition coefficient (Wildman–Crippen LogP) is 2.08. The molecule has 8 nitrogen and oxygen atoms in total. The zero-order chi connectivity index (χ0) is 20.8. The molecule has 0 spiro atoms. The van der Waals surface area contributed by atoms with Gasteiger partial charge in [-0.3, -0.25) is 15.1 Å². The van der Waals surface area contributed by atoms with Crippen LogP contribution in [0, 0.1) is 5.41 Å². The summed E-state index contributed by atoms with van der Waals surface area (Å²) in [6.45, 7) is 4.05. The molecule has 0 radical (unpaired) electrons. The van der Waals surface area contributed by atoms with Crippen molar-refractivity contribution in [2.75, 3.05) is 38.0 Å². The zero-order valence-corrected chi connectivity index (χ0v) is 17.9. The number of carbonyl (C=O) groups excluding carboxylic acids is 2. The fourth-order valence-electron chi connectivity index (χ4n) is 3.09. The Bertz CT molecular complexity index is 902. The number of benzene rings is 1. The third-order valence-corrected chi connectivity index (χ3v) is 6.02. The summed E-state index contributed by atoms with van der Waals surface area (Å²) in [6, 6.07) is 6.48. The van der Waals surface area contributed by atoms with Gasteiger partial charge in [-0.05, 0) is 24.3 Å². The summed E-state index contributed by atoms with van der Waals surface area (Å²) >= 11 is 7.25. The first-order valence-corrected chi connectivity index (χ1v) is 10.7. The van der Waals surface area contributed by atoms with Gasteiger partial charge in [0.25, 0.3) is 0 Å². The van der Waals surface area contributed by atoms with Crippen LogP contribution >= 0.6 is 22.9 Å². The van der Waals surface area contributed by atoms with Crippen molar-refractivity contribution in [3.8, 4) is 0 Å². The minimum atomic E-state index is -0.345. The van der Waals surface area contributed by atoms with Crippen LogP contribution in [0.3, 0.4) is 0 Å². The molecule has 10 heteroatoms. The minimum Gasteiger partial charge on any atom is -0.340 e. The highest BCUT2D eigenvalue weighted by Crippen LogP contribution is 2.13. The molecule has 3 rings (SSSR count). The summed E-state index contributed by atoms with van der Waals surface area (Å²) in [6.07, 6.45) is 0.274. The molecule has 29 heavy (non-hydrogen) atoms. The highest BCUT2D eigenvalue weighted by molar-refractivity contribution is 7.07. The Morgan fingerprint density at radius 2 is 1.86 bits per heavy atom. The monoisotopic (exact) mass is 436 g/mol. The number of urea groups is 1. The molecule has 1 saturated heterocycles. The van der Waals surface area contributed by atoms with Gasteiger partial charge in [-0.15, -0.1) is 11.3 Å². The number of halogens is 1. The number of nitrogens with zero attached hydrogens (tertiary/aromatic N) is 3. The first kappa shape index (κ1) is 21.4. The number of rotatable bonds is 6. The second kappa shape index (κ2) is 9.91. The van der Waals surface area contributed by atoms with Crippen molar-refractivity contribution in [1.29, 1.82) is 5.41 Å². The van der Waals surface area contributed by atoms with Crippen LogP contribution in [-0.2, 0) is 18.4 Å². The van der Waals surface area contributed by atoms with E-state index in [1.165, 1.54) is 11.3 Å². The fourth-order valence-corrected chi connectivity index (χ4v) is 3.97. The highest BCUT2D eigenvalue weighted by Gasteiger charge is 2.21. The first-order chi connectivity index (χ1) is 13.9. The van der Waals surface area contributed by atoms with E-state index in [0.717, 1.165) is 25.3 Å². The Balaban J connectivity index is 1.35. The number of aromatic nitrogens is 1. The average molecular weight is 437 g/mol. The van der Waals surface area contributed by atoms with Gasteiger partial charge in [-0.1, -0.05) is 11.6 Å². The lowest BCUT2D eigenvalue weighted by Gasteiger charge is -2.34. The van der Waals surface area contributed by atoms with E-state index in [0.29, 0.717) is 28.6 Å². The molecular weight excluding hydrogens is 412 g/mol. The smallest absolute Gasteiger partial charge is 0.319 e. The number of nitrogens with one attached hydrogen (secondary N) is 3. The summed E-state index contributed by atoms with van der Waals surface area (Å²) < 4.78 is 1.89. The van der Waals surface area contributed by atoms with E-state index < -0.39 is 0 Å². The van der Waals surface area contributed by atoms with E-state index in [4.69, 9.17) is 17.0 Å². The summed E-state index contributed by atoms with van der Waals surface area (Å²) in [5, 5.41) is 15.8. The highest BCUT2D eigenvalue weighted by atomic mass is 35.5. The van der Waals surface area contributed by atoms with E-state index in [2.05, 4.69) is 15.5 Å². The molecule has 0 aliphatic carbocycles. The second-order valence-corrected chi connectivity index (χ2v) is 8.18. The van der Waals surface area contributed by atoms with Gasteiger partial charge >= 0.3 is 6.03 Å². The van der Waals surface area contributed by atoms with Gasteiger partial charge in [-0.25, -0.2) is 4.79 Å². The normalized spacial score (nSPS) is 14.6. The number of amides is 3. The van der Waals surface area contributed by atoms with Crippen molar-refractivity contribution in [2.24, 2.45) is 7.05 Å². The van der Waals surface area contributed by atoms with E-state index >= 15 is 0 Å². The van der Waals surface area contributed by atoms with Gasteiger partial charge in [-0.2, -0.15) is 0 Å². The van der Waals surface area contributed by atoms with Crippen LogP contribution in [0.15, 0.2) is 29.6 Å². The number of thiazole rings is 1. The molecule has 0 unspecified atom stereocenters. The number of hydrogen-bond donors (Lipinski definition) is 3. The number of piperazine rings is 1. The van der Waals surface area contributed by atoms with Gasteiger partial charge in [0.2, 0.25) is 5.91 Å². The van der Waals surface area contributed by atoms with Crippen molar-refractivity contribution < 1.29 is 9.59 Å². The van der Waals surface area contributed by atoms with E-state index in [1.807, 2.05) is 21.9 Å². The van der Waals surface area contributed by atoms with Gasteiger partial charge in [0.05, 0.1) is 0 Å². The van der Waals surface area contributed by atoms with Crippen LogP contribution in [0.1, 0.15) is 12.1 Å². The third-order valence-electron chi connectivity index (χ3n) is 4.88. The zero-order valence-electron chi connectivity index (χ0n) is 16.3. The number of carbonyl (C=O) groups is 2. The summed E-state index contributed by atoms with van der Waals surface area (Å²) in [7, 11) is 1.91. The van der Waals surface area contributed by atoms with Gasteiger partial charge in [0, 0.05) is 74.5 Å². The molecule has 3 N–H and O–H groups in total. The Morgan fingerprint density at radius 1 is 1.17 bits per heavy atom.